The van der Waals surface area contributed by atoms with Crippen molar-refractivity contribution in [1.29, 1.82) is 0 Å². The van der Waals surface area contributed by atoms with Gasteiger partial charge in [-0.25, -0.2) is 4.57 Å². The number of aryl methyl sites for hydroxylation is 4. The average Bonchev–Trinajstić information content (AvgIpc) is 3.29. The zero-order valence-electron chi connectivity index (χ0n) is 18.9. The predicted octanol–water partition coefficient (Wildman–Crippen LogP) is 3.91. The molecule has 0 N–H and O–H groups in total. The highest BCUT2D eigenvalue weighted by Crippen LogP contribution is 2.32. The Kier molecular flexibility index (Phi) is 6.23. The fourth-order valence-corrected chi connectivity index (χ4v) is 5.48. The largest absolute Gasteiger partial charge is 1.00 e. The molecule has 0 unspecified atom stereocenters. The Morgan fingerprint density at radius 3 is 2.03 bits per heavy atom. The van der Waals surface area contributed by atoms with Crippen LogP contribution in [0.2, 0.25) is 0 Å². The molecular formula is C28H27ClN2S. The van der Waals surface area contributed by atoms with E-state index in [1.54, 1.807) is 0 Å². The standard InChI is InChI=1S/C28H27N2S.ClH/c1-19-10-12-24(21(3)14-19)26-17-30-27(25-13-11-20(2)15-22(25)4)18-31-28(30)29(26)16-23-8-6-5-7-9-23;/h5-15,17-18H,16H2,1-4H3;1H/q+1;/p-1. The highest BCUT2D eigenvalue weighted by atomic mass is 35.5. The van der Waals surface area contributed by atoms with E-state index in [1.807, 2.05) is 11.3 Å². The molecule has 0 saturated heterocycles. The van der Waals surface area contributed by atoms with Crippen LogP contribution in [0.5, 0.6) is 0 Å². The van der Waals surface area contributed by atoms with Gasteiger partial charge in [-0.15, -0.1) is 0 Å². The first-order valence-corrected chi connectivity index (χ1v) is 11.6. The number of nitrogens with zero attached hydrogens (tertiary/aromatic N) is 2. The summed E-state index contributed by atoms with van der Waals surface area (Å²) in [6.07, 6.45) is 2.32. The fourth-order valence-electron chi connectivity index (χ4n) is 4.47. The van der Waals surface area contributed by atoms with Crippen molar-refractivity contribution in [1.82, 2.24) is 4.40 Å². The van der Waals surface area contributed by atoms with Crippen molar-refractivity contribution in [2.45, 2.75) is 34.2 Å². The number of fused-ring (bicyclic) bond motifs is 1. The number of hydrogen-bond acceptors (Lipinski definition) is 1. The normalized spacial score (nSPS) is 11.0. The van der Waals surface area contributed by atoms with Crippen molar-refractivity contribution in [3.8, 4) is 22.5 Å². The highest BCUT2D eigenvalue weighted by Gasteiger charge is 2.25. The molecule has 0 saturated carbocycles. The smallest absolute Gasteiger partial charge is 0.346 e. The van der Waals surface area contributed by atoms with Crippen molar-refractivity contribution in [3.63, 3.8) is 0 Å². The van der Waals surface area contributed by atoms with E-state index in [-0.39, 0.29) is 12.4 Å². The molecule has 162 valence electrons. The molecule has 0 radical (unpaired) electrons. The van der Waals surface area contributed by atoms with Gasteiger partial charge in [0.1, 0.15) is 12.7 Å². The molecule has 2 aromatic heterocycles. The Hall–Kier alpha value is -2.88. The van der Waals surface area contributed by atoms with Crippen LogP contribution in [0.1, 0.15) is 27.8 Å². The minimum atomic E-state index is 0. The maximum absolute atomic E-state index is 2.46. The number of halogens is 1. The molecule has 32 heavy (non-hydrogen) atoms. The lowest BCUT2D eigenvalue weighted by Gasteiger charge is -2.06. The van der Waals surface area contributed by atoms with Crippen LogP contribution in [0, 0.1) is 27.7 Å². The number of hydrogen-bond donors (Lipinski definition) is 0. The fraction of sp³-hybridized carbons (Fsp3) is 0.179. The van der Waals surface area contributed by atoms with E-state index in [2.05, 4.69) is 115 Å². The molecular weight excluding hydrogens is 432 g/mol. The maximum atomic E-state index is 2.46. The summed E-state index contributed by atoms with van der Waals surface area (Å²) in [5.41, 5.74) is 11.7. The highest BCUT2D eigenvalue weighted by molar-refractivity contribution is 7.15. The van der Waals surface area contributed by atoms with Crippen molar-refractivity contribution < 1.29 is 17.0 Å². The van der Waals surface area contributed by atoms with Gasteiger partial charge in [0.2, 0.25) is 0 Å². The Morgan fingerprint density at radius 2 is 1.41 bits per heavy atom. The molecule has 0 aliphatic carbocycles. The molecule has 0 amide bonds. The first-order valence-electron chi connectivity index (χ1n) is 10.7. The number of aromatic nitrogens is 2. The number of imidazole rings is 1. The van der Waals surface area contributed by atoms with Crippen molar-refractivity contribution in [2.75, 3.05) is 0 Å². The lowest BCUT2D eigenvalue weighted by atomic mass is 10.0. The summed E-state index contributed by atoms with van der Waals surface area (Å²) in [6.45, 7) is 9.59. The SMILES string of the molecule is Cc1ccc(-c2csc3n2cc(-c2ccc(C)cc2C)[n+]3Cc2ccccc2)c(C)c1.[Cl-]. The molecule has 0 aliphatic rings. The van der Waals surface area contributed by atoms with Crippen LogP contribution < -0.4 is 17.0 Å². The van der Waals surface area contributed by atoms with Crippen LogP contribution in [0.4, 0.5) is 0 Å². The van der Waals surface area contributed by atoms with E-state index in [1.165, 1.54) is 55.3 Å². The lowest BCUT2D eigenvalue weighted by Crippen LogP contribution is -3.00. The molecule has 0 fully saturated rings. The second-order valence-corrected chi connectivity index (χ2v) is 9.33. The van der Waals surface area contributed by atoms with Gasteiger partial charge in [-0.2, -0.15) is 4.40 Å². The third-order valence-electron chi connectivity index (χ3n) is 6.01. The monoisotopic (exact) mass is 458 g/mol. The van der Waals surface area contributed by atoms with Crippen LogP contribution >= 0.6 is 11.3 Å². The number of benzene rings is 3. The number of rotatable bonds is 4. The van der Waals surface area contributed by atoms with Crippen molar-refractivity contribution in [3.05, 3.63) is 106 Å². The molecule has 5 rings (SSSR count). The average molecular weight is 459 g/mol. The van der Waals surface area contributed by atoms with Gasteiger partial charge in [-0.3, -0.25) is 0 Å². The summed E-state index contributed by atoms with van der Waals surface area (Å²) < 4.78 is 4.84. The zero-order valence-corrected chi connectivity index (χ0v) is 20.5. The van der Waals surface area contributed by atoms with E-state index in [4.69, 9.17) is 0 Å². The Balaban J connectivity index is 0.00000245. The first-order chi connectivity index (χ1) is 15.0. The van der Waals surface area contributed by atoms with Crippen molar-refractivity contribution >= 4 is 16.3 Å². The predicted molar refractivity (Wildman–Crippen MR) is 131 cm³/mol. The summed E-state index contributed by atoms with van der Waals surface area (Å²) >= 11 is 1.82. The molecule has 0 bridgehead atoms. The molecule has 4 heteroatoms. The molecule has 5 aromatic rings. The third-order valence-corrected chi connectivity index (χ3v) is 6.98. The van der Waals surface area contributed by atoms with Gasteiger partial charge in [-0.1, -0.05) is 89.2 Å². The van der Waals surface area contributed by atoms with Crippen LogP contribution in [0.25, 0.3) is 27.5 Å². The summed E-state index contributed by atoms with van der Waals surface area (Å²) in [4.78, 5) is 1.26. The van der Waals surface area contributed by atoms with Crippen LogP contribution in [-0.2, 0) is 6.54 Å². The maximum Gasteiger partial charge on any atom is 0.346 e. The second-order valence-electron chi connectivity index (χ2n) is 8.50. The van der Waals surface area contributed by atoms with Gasteiger partial charge < -0.3 is 12.4 Å². The lowest BCUT2D eigenvalue weighted by molar-refractivity contribution is -0.649. The van der Waals surface area contributed by atoms with Crippen LogP contribution in [0.3, 0.4) is 0 Å². The van der Waals surface area contributed by atoms with E-state index < -0.39 is 0 Å². The summed E-state index contributed by atoms with van der Waals surface area (Å²) in [5.74, 6) is 0. The Labute approximate surface area is 200 Å². The molecule has 0 spiro atoms. The Morgan fingerprint density at radius 1 is 0.781 bits per heavy atom. The Bertz CT molecular complexity index is 1400. The zero-order chi connectivity index (χ0) is 21.5. The topological polar surface area (TPSA) is 8.29 Å². The summed E-state index contributed by atoms with van der Waals surface area (Å²) in [7, 11) is 0. The van der Waals surface area contributed by atoms with E-state index in [0.717, 1.165) is 6.54 Å². The minimum absolute atomic E-state index is 0. The third kappa shape index (κ3) is 3.99. The van der Waals surface area contributed by atoms with Gasteiger partial charge in [0.25, 0.3) is 0 Å². The van der Waals surface area contributed by atoms with Gasteiger partial charge in [0.05, 0.1) is 0 Å². The number of thiazole rings is 1. The second kappa shape index (κ2) is 8.93. The molecule has 2 heterocycles. The van der Waals surface area contributed by atoms with E-state index >= 15 is 0 Å². The van der Waals surface area contributed by atoms with Gasteiger partial charge in [0, 0.05) is 16.5 Å². The molecule has 0 aliphatic heterocycles. The molecule has 2 nitrogen and oxygen atoms in total. The summed E-state index contributed by atoms with van der Waals surface area (Å²) in [6, 6.07) is 24.2. The minimum Gasteiger partial charge on any atom is -1.00 e. The first kappa shape index (κ1) is 22.3. The van der Waals surface area contributed by atoms with Gasteiger partial charge in [0.15, 0.2) is 11.4 Å². The van der Waals surface area contributed by atoms with Crippen LogP contribution in [-0.4, -0.2) is 4.40 Å². The van der Waals surface area contributed by atoms with E-state index in [9.17, 15) is 0 Å². The van der Waals surface area contributed by atoms with Gasteiger partial charge >= 0.3 is 4.96 Å². The quantitative estimate of drug-likeness (QED) is 0.361. The summed E-state index contributed by atoms with van der Waals surface area (Å²) in [5, 5.41) is 2.29. The van der Waals surface area contributed by atoms with Crippen molar-refractivity contribution in [2.24, 2.45) is 0 Å². The van der Waals surface area contributed by atoms with Gasteiger partial charge in [-0.05, 0) is 44.4 Å². The van der Waals surface area contributed by atoms with Crippen LogP contribution in [0.15, 0.2) is 78.3 Å². The molecule has 3 aromatic carbocycles. The van der Waals surface area contributed by atoms with E-state index in [0.29, 0.717) is 0 Å². The molecule has 0 atom stereocenters.